The highest BCUT2D eigenvalue weighted by Gasteiger charge is 2.31. The molecule has 1 amide bonds. The first-order chi connectivity index (χ1) is 9.47. The number of halogens is 1. The molecule has 1 unspecified atom stereocenters. The summed E-state index contributed by atoms with van der Waals surface area (Å²) in [6, 6.07) is 3.55. The summed E-state index contributed by atoms with van der Waals surface area (Å²) in [6.07, 6.45) is 0.454. The second kappa shape index (κ2) is 5.93. The SMILES string of the molecule is COC(=O)c1cc(Br)cc(N2CC(CN)CC2=O)c1C. The van der Waals surface area contributed by atoms with E-state index >= 15 is 0 Å². The molecule has 6 heteroatoms. The maximum absolute atomic E-state index is 12.1. The van der Waals surface area contributed by atoms with E-state index in [1.807, 2.05) is 13.0 Å². The van der Waals surface area contributed by atoms with Crippen molar-refractivity contribution in [1.82, 2.24) is 0 Å². The van der Waals surface area contributed by atoms with Gasteiger partial charge in [-0.3, -0.25) is 4.79 Å². The zero-order valence-electron chi connectivity index (χ0n) is 11.5. The summed E-state index contributed by atoms with van der Waals surface area (Å²) >= 11 is 3.37. The average Bonchev–Trinajstić information content (AvgIpc) is 2.81. The summed E-state index contributed by atoms with van der Waals surface area (Å²) in [5.41, 5.74) is 7.58. The van der Waals surface area contributed by atoms with Crippen LogP contribution < -0.4 is 10.6 Å². The number of anilines is 1. The lowest BCUT2D eigenvalue weighted by atomic mass is 10.1. The molecule has 1 saturated heterocycles. The Balaban J connectivity index is 2.44. The largest absolute Gasteiger partial charge is 0.465 e. The van der Waals surface area contributed by atoms with Gasteiger partial charge < -0.3 is 15.4 Å². The van der Waals surface area contributed by atoms with Crippen LogP contribution >= 0.6 is 15.9 Å². The monoisotopic (exact) mass is 340 g/mol. The molecule has 0 radical (unpaired) electrons. The molecule has 2 rings (SSSR count). The van der Waals surface area contributed by atoms with Gasteiger partial charge in [0.25, 0.3) is 0 Å². The molecule has 108 valence electrons. The molecule has 0 aliphatic carbocycles. The summed E-state index contributed by atoms with van der Waals surface area (Å²) in [4.78, 5) is 25.6. The molecule has 1 aromatic rings. The number of hydrogen-bond acceptors (Lipinski definition) is 4. The van der Waals surface area contributed by atoms with E-state index in [0.717, 1.165) is 15.7 Å². The lowest BCUT2D eigenvalue weighted by Gasteiger charge is -2.21. The van der Waals surface area contributed by atoms with Crippen LogP contribution in [-0.2, 0) is 9.53 Å². The van der Waals surface area contributed by atoms with Crippen LogP contribution in [0.5, 0.6) is 0 Å². The molecule has 20 heavy (non-hydrogen) atoms. The third-order valence-corrected chi connectivity index (χ3v) is 4.04. The second-order valence-corrected chi connectivity index (χ2v) is 5.81. The topological polar surface area (TPSA) is 72.6 Å². The molecular formula is C14H17BrN2O3. The third-order valence-electron chi connectivity index (χ3n) is 3.58. The first-order valence-electron chi connectivity index (χ1n) is 6.36. The highest BCUT2D eigenvalue weighted by Crippen LogP contribution is 2.32. The summed E-state index contributed by atoms with van der Waals surface area (Å²) < 4.78 is 5.51. The standard InChI is InChI=1S/C14H17BrN2O3/c1-8-11(14(19)20-2)4-10(15)5-12(8)17-7-9(6-16)3-13(17)18/h4-5,9H,3,6-7,16H2,1-2H3. The molecule has 5 nitrogen and oxygen atoms in total. The predicted molar refractivity (Wildman–Crippen MR) is 79.7 cm³/mol. The van der Waals surface area contributed by atoms with Crippen molar-refractivity contribution >= 4 is 33.5 Å². The number of rotatable bonds is 3. The molecule has 0 bridgehead atoms. The van der Waals surface area contributed by atoms with Crippen LogP contribution in [0.3, 0.4) is 0 Å². The number of carbonyl (C=O) groups is 2. The second-order valence-electron chi connectivity index (χ2n) is 4.90. The Morgan fingerprint density at radius 3 is 2.80 bits per heavy atom. The van der Waals surface area contributed by atoms with Gasteiger partial charge in [-0.15, -0.1) is 0 Å². The minimum absolute atomic E-state index is 0.0393. The Kier molecular flexibility index (Phi) is 4.45. The van der Waals surface area contributed by atoms with Crippen molar-refractivity contribution < 1.29 is 14.3 Å². The Morgan fingerprint density at radius 1 is 1.55 bits per heavy atom. The van der Waals surface area contributed by atoms with Gasteiger partial charge in [0.2, 0.25) is 5.91 Å². The zero-order valence-corrected chi connectivity index (χ0v) is 13.1. The summed E-state index contributed by atoms with van der Waals surface area (Å²) in [6.45, 7) is 2.89. The quantitative estimate of drug-likeness (QED) is 0.852. The van der Waals surface area contributed by atoms with Crippen LogP contribution in [0.25, 0.3) is 0 Å². The number of methoxy groups -OCH3 is 1. The number of esters is 1. The minimum atomic E-state index is -0.410. The van der Waals surface area contributed by atoms with E-state index in [9.17, 15) is 9.59 Å². The van der Waals surface area contributed by atoms with Crippen molar-refractivity contribution in [2.24, 2.45) is 11.7 Å². The van der Waals surface area contributed by atoms with E-state index in [1.54, 1.807) is 11.0 Å². The molecule has 0 spiro atoms. The lowest BCUT2D eigenvalue weighted by molar-refractivity contribution is -0.117. The fraction of sp³-hybridized carbons (Fsp3) is 0.429. The van der Waals surface area contributed by atoms with Gasteiger partial charge in [0.15, 0.2) is 0 Å². The number of ether oxygens (including phenoxy) is 1. The van der Waals surface area contributed by atoms with Crippen molar-refractivity contribution in [3.05, 3.63) is 27.7 Å². The Bertz CT molecular complexity index is 560. The van der Waals surface area contributed by atoms with Crippen molar-refractivity contribution in [1.29, 1.82) is 0 Å². The molecule has 0 saturated carbocycles. The van der Waals surface area contributed by atoms with E-state index in [0.29, 0.717) is 25.1 Å². The Hall–Kier alpha value is -1.40. The van der Waals surface area contributed by atoms with E-state index in [2.05, 4.69) is 15.9 Å². The molecule has 0 aromatic heterocycles. The molecule has 1 heterocycles. The fourth-order valence-corrected chi connectivity index (χ4v) is 2.89. The third kappa shape index (κ3) is 2.71. The molecule has 1 aliphatic rings. The number of nitrogens with zero attached hydrogens (tertiary/aromatic N) is 1. The van der Waals surface area contributed by atoms with Crippen LogP contribution in [0.15, 0.2) is 16.6 Å². The van der Waals surface area contributed by atoms with Crippen LogP contribution in [-0.4, -0.2) is 32.1 Å². The van der Waals surface area contributed by atoms with Crippen LogP contribution in [0.1, 0.15) is 22.3 Å². The first kappa shape index (κ1) is 15.0. The van der Waals surface area contributed by atoms with Crippen molar-refractivity contribution in [2.75, 3.05) is 25.1 Å². The molecular weight excluding hydrogens is 324 g/mol. The first-order valence-corrected chi connectivity index (χ1v) is 7.16. The summed E-state index contributed by atoms with van der Waals surface area (Å²) in [7, 11) is 1.34. The van der Waals surface area contributed by atoms with Gasteiger partial charge >= 0.3 is 5.97 Å². The van der Waals surface area contributed by atoms with Crippen molar-refractivity contribution in [3.8, 4) is 0 Å². The number of amides is 1. The molecule has 2 N–H and O–H groups in total. The van der Waals surface area contributed by atoms with Gasteiger partial charge in [0, 0.05) is 23.1 Å². The summed E-state index contributed by atoms with van der Waals surface area (Å²) in [5.74, 6) is -0.202. The highest BCUT2D eigenvalue weighted by molar-refractivity contribution is 9.10. The van der Waals surface area contributed by atoms with Crippen LogP contribution in [0.4, 0.5) is 5.69 Å². The Labute approximate surface area is 126 Å². The van der Waals surface area contributed by atoms with Gasteiger partial charge in [-0.25, -0.2) is 4.79 Å². The Morgan fingerprint density at radius 2 is 2.25 bits per heavy atom. The van der Waals surface area contributed by atoms with E-state index in [1.165, 1.54) is 7.11 Å². The smallest absolute Gasteiger partial charge is 0.338 e. The normalized spacial score (nSPS) is 18.5. The van der Waals surface area contributed by atoms with E-state index in [4.69, 9.17) is 10.5 Å². The van der Waals surface area contributed by atoms with Crippen molar-refractivity contribution in [2.45, 2.75) is 13.3 Å². The molecule has 1 aromatic carbocycles. The highest BCUT2D eigenvalue weighted by atomic mass is 79.9. The van der Waals surface area contributed by atoms with Gasteiger partial charge in [0.1, 0.15) is 0 Å². The van der Waals surface area contributed by atoms with Gasteiger partial charge in [-0.1, -0.05) is 15.9 Å². The number of benzene rings is 1. The van der Waals surface area contributed by atoms with Gasteiger partial charge in [-0.05, 0) is 37.1 Å². The van der Waals surface area contributed by atoms with E-state index in [-0.39, 0.29) is 11.8 Å². The zero-order chi connectivity index (χ0) is 14.9. The molecule has 1 aliphatic heterocycles. The molecule has 1 fully saturated rings. The number of hydrogen-bond donors (Lipinski definition) is 1. The van der Waals surface area contributed by atoms with Crippen LogP contribution in [0, 0.1) is 12.8 Å². The predicted octanol–water partition coefficient (Wildman–Crippen LogP) is 1.86. The number of nitrogens with two attached hydrogens (primary N) is 1. The molecule has 1 atom stereocenters. The average molecular weight is 341 g/mol. The van der Waals surface area contributed by atoms with Gasteiger partial charge in [0.05, 0.1) is 12.7 Å². The van der Waals surface area contributed by atoms with Crippen molar-refractivity contribution in [3.63, 3.8) is 0 Å². The maximum atomic E-state index is 12.1. The maximum Gasteiger partial charge on any atom is 0.338 e. The summed E-state index contributed by atoms with van der Waals surface area (Å²) in [5, 5.41) is 0. The van der Waals surface area contributed by atoms with E-state index < -0.39 is 5.97 Å². The minimum Gasteiger partial charge on any atom is -0.465 e. The van der Waals surface area contributed by atoms with Crippen LogP contribution in [0.2, 0.25) is 0 Å². The lowest BCUT2D eigenvalue weighted by Crippen LogP contribution is -2.27. The fourth-order valence-electron chi connectivity index (χ4n) is 2.44. The van der Waals surface area contributed by atoms with Gasteiger partial charge in [-0.2, -0.15) is 0 Å². The number of carbonyl (C=O) groups excluding carboxylic acids is 2.